The largest absolute Gasteiger partial charge is 0.506 e. The molecule has 0 saturated carbocycles. The van der Waals surface area contributed by atoms with Crippen molar-refractivity contribution in [3.63, 3.8) is 0 Å². The molecule has 3 rings (SSSR count). The smallest absolute Gasteiger partial charge is 0.267 e. The Morgan fingerprint density at radius 3 is 2.25 bits per heavy atom. The third-order valence-electron chi connectivity index (χ3n) is 6.07. The molecule has 2 aromatic carbocycles. The minimum absolute atomic E-state index is 0.143. The Hall–Kier alpha value is -3.48. The van der Waals surface area contributed by atoms with Gasteiger partial charge in [-0.05, 0) is 31.2 Å². The highest BCUT2D eigenvalue weighted by Crippen LogP contribution is 2.34. The first-order valence-corrected chi connectivity index (χ1v) is 11.4. The van der Waals surface area contributed by atoms with Gasteiger partial charge >= 0.3 is 0 Å². The number of aliphatic hydroxyl groups excluding tert-OH is 5. The van der Waals surface area contributed by atoms with Gasteiger partial charge in [-0.2, -0.15) is 0 Å². The van der Waals surface area contributed by atoms with Crippen LogP contribution in [0.3, 0.4) is 0 Å². The molecule has 0 aliphatic rings. The highest BCUT2D eigenvalue weighted by molar-refractivity contribution is 6.12. The Labute approximate surface area is 207 Å². The number of pyridine rings is 1. The Balaban J connectivity index is 2.02. The summed E-state index contributed by atoms with van der Waals surface area (Å²) in [6.45, 7) is 0.856. The number of fused-ring (bicyclic) bond motifs is 1. The van der Waals surface area contributed by atoms with Gasteiger partial charge in [0.15, 0.2) is 0 Å². The molecule has 36 heavy (non-hydrogen) atoms. The molecule has 0 fully saturated rings. The molecular weight excluding hydrogens is 470 g/mol. The van der Waals surface area contributed by atoms with Crippen LogP contribution in [0.1, 0.15) is 17.3 Å². The van der Waals surface area contributed by atoms with Crippen LogP contribution in [-0.2, 0) is 7.05 Å². The third-order valence-corrected chi connectivity index (χ3v) is 6.07. The number of carbonyl (C=O) groups excluding carboxylic acids is 1. The van der Waals surface area contributed by atoms with E-state index >= 15 is 0 Å². The van der Waals surface area contributed by atoms with E-state index in [-0.39, 0.29) is 24.2 Å². The summed E-state index contributed by atoms with van der Waals surface area (Å²) in [5.41, 5.74) is 0.00673. The van der Waals surface area contributed by atoms with Gasteiger partial charge in [0.2, 0.25) is 0 Å². The fourth-order valence-corrected chi connectivity index (χ4v) is 4.00. The minimum atomic E-state index is -1.80. The van der Waals surface area contributed by atoms with E-state index < -0.39 is 53.8 Å². The van der Waals surface area contributed by atoms with Gasteiger partial charge in [0.1, 0.15) is 29.6 Å². The predicted molar refractivity (Wildman–Crippen MR) is 134 cm³/mol. The summed E-state index contributed by atoms with van der Waals surface area (Å²) < 4.78 is 1.24. The second kappa shape index (κ2) is 11.5. The molecule has 11 heteroatoms. The molecule has 1 aromatic heterocycles. The second-order valence-electron chi connectivity index (χ2n) is 8.35. The maximum Gasteiger partial charge on any atom is 0.267 e. The summed E-state index contributed by atoms with van der Waals surface area (Å²) in [6, 6.07) is 13.5. The molecule has 1 heterocycles. The first kappa shape index (κ1) is 27.1. The van der Waals surface area contributed by atoms with E-state index in [0.29, 0.717) is 11.2 Å². The van der Waals surface area contributed by atoms with Crippen molar-refractivity contribution in [2.24, 2.45) is 7.05 Å². The summed E-state index contributed by atoms with van der Waals surface area (Å²) in [5.74, 6) is -1.23. The van der Waals surface area contributed by atoms with Crippen molar-refractivity contribution >= 4 is 28.2 Å². The molecule has 194 valence electrons. The summed E-state index contributed by atoms with van der Waals surface area (Å²) >= 11 is 0. The number of benzene rings is 2. The van der Waals surface area contributed by atoms with Crippen molar-refractivity contribution < 1.29 is 35.4 Å². The molecule has 0 saturated heterocycles. The van der Waals surface area contributed by atoms with Crippen LogP contribution >= 0.6 is 0 Å². The molecule has 0 aliphatic heterocycles. The topological polar surface area (TPSA) is 176 Å². The number of carbonyl (C=O) groups is 1. The van der Waals surface area contributed by atoms with Crippen LogP contribution in [-0.4, -0.2) is 85.2 Å². The summed E-state index contributed by atoms with van der Waals surface area (Å²) in [7, 11) is 1.47. The maximum atomic E-state index is 13.4. The van der Waals surface area contributed by atoms with Crippen molar-refractivity contribution in [3.05, 3.63) is 64.4 Å². The first-order valence-electron chi connectivity index (χ1n) is 11.4. The highest BCUT2D eigenvalue weighted by Gasteiger charge is 2.31. The Morgan fingerprint density at radius 2 is 1.64 bits per heavy atom. The molecule has 3 aromatic rings. The average Bonchev–Trinajstić information content (AvgIpc) is 2.89. The van der Waals surface area contributed by atoms with Gasteiger partial charge in [-0.15, -0.1) is 0 Å². The zero-order valence-corrected chi connectivity index (χ0v) is 19.9. The zero-order valence-electron chi connectivity index (χ0n) is 19.9. The number of amides is 1. The molecule has 7 N–H and O–H groups in total. The lowest BCUT2D eigenvalue weighted by atomic mass is 10.0. The number of para-hydroxylation sites is 1. The summed E-state index contributed by atoms with van der Waals surface area (Å²) in [5, 5.41) is 62.7. The van der Waals surface area contributed by atoms with Gasteiger partial charge < -0.3 is 45.4 Å². The Bertz CT molecular complexity index is 1260. The van der Waals surface area contributed by atoms with Crippen molar-refractivity contribution in [1.29, 1.82) is 0 Å². The van der Waals surface area contributed by atoms with Crippen LogP contribution in [0.5, 0.6) is 5.75 Å². The van der Waals surface area contributed by atoms with E-state index in [9.17, 15) is 35.1 Å². The van der Waals surface area contributed by atoms with Gasteiger partial charge in [0.25, 0.3) is 11.5 Å². The van der Waals surface area contributed by atoms with Crippen molar-refractivity contribution in [2.75, 3.05) is 29.9 Å². The number of aromatic hydroxyl groups is 1. The van der Waals surface area contributed by atoms with Crippen LogP contribution in [0.2, 0.25) is 0 Å². The third kappa shape index (κ3) is 5.20. The van der Waals surface area contributed by atoms with Gasteiger partial charge in [-0.3, -0.25) is 9.59 Å². The number of anilines is 2. The number of aryl methyl sites for hydroxylation is 1. The maximum absolute atomic E-state index is 13.4. The minimum Gasteiger partial charge on any atom is -0.506 e. The molecule has 0 aliphatic carbocycles. The van der Waals surface area contributed by atoms with E-state index in [4.69, 9.17) is 5.11 Å². The van der Waals surface area contributed by atoms with Crippen molar-refractivity contribution in [3.8, 4) is 5.75 Å². The van der Waals surface area contributed by atoms with Gasteiger partial charge in [0, 0.05) is 31.5 Å². The SMILES string of the molecule is CCN(C(=O)c1c(O)c2c(NCC(O)C(O)C(O)C(O)CO)cccc2n(C)c1=O)c1ccccc1. The first-order chi connectivity index (χ1) is 17.1. The van der Waals surface area contributed by atoms with Gasteiger partial charge in [-0.25, -0.2) is 0 Å². The molecule has 11 nitrogen and oxygen atoms in total. The summed E-state index contributed by atoms with van der Waals surface area (Å²) in [4.78, 5) is 27.9. The van der Waals surface area contributed by atoms with E-state index in [1.807, 2.05) is 0 Å². The Kier molecular flexibility index (Phi) is 8.66. The van der Waals surface area contributed by atoms with Crippen LogP contribution in [0, 0.1) is 0 Å². The van der Waals surface area contributed by atoms with Crippen molar-refractivity contribution in [2.45, 2.75) is 31.3 Å². The molecule has 4 atom stereocenters. The van der Waals surface area contributed by atoms with E-state index in [2.05, 4.69) is 5.32 Å². The van der Waals surface area contributed by atoms with Crippen LogP contribution in [0.15, 0.2) is 53.3 Å². The Morgan fingerprint density at radius 1 is 1.00 bits per heavy atom. The summed E-state index contributed by atoms with van der Waals surface area (Å²) in [6.07, 6.45) is -6.80. The molecular formula is C25H31N3O8. The number of hydrogen-bond acceptors (Lipinski definition) is 9. The lowest BCUT2D eigenvalue weighted by Gasteiger charge is -2.26. The quantitative estimate of drug-likeness (QED) is 0.198. The van der Waals surface area contributed by atoms with Crippen LogP contribution in [0.25, 0.3) is 10.9 Å². The molecule has 4 unspecified atom stereocenters. The number of aromatic nitrogens is 1. The van der Waals surface area contributed by atoms with E-state index in [1.165, 1.54) is 16.5 Å². The molecule has 0 spiro atoms. The number of nitrogens with zero attached hydrogens (tertiary/aromatic N) is 2. The lowest BCUT2D eigenvalue weighted by molar-refractivity contribution is -0.111. The lowest BCUT2D eigenvalue weighted by Crippen LogP contribution is -2.48. The number of rotatable bonds is 10. The molecule has 0 bridgehead atoms. The van der Waals surface area contributed by atoms with Crippen molar-refractivity contribution in [1.82, 2.24) is 4.57 Å². The number of aliphatic hydroxyl groups is 5. The molecule has 1 amide bonds. The van der Waals surface area contributed by atoms with E-state index in [0.717, 1.165) is 0 Å². The molecule has 0 radical (unpaired) electrons. The fourth-order valence-electron chi connectivity index (χ4n) is 4.00. The van der Waals surface area contributed by atoms with Crippen LogP contribution in [0.4, 0.5) is 11.4 Å². The van der Waals surface area contributed by atoms with Gasteiger partial charge in [-0.1, -0.05) is 24.3 Å². The average molecular weight is 502 g/mol. The number of hydrogen-bond donors (Lipinski definition) is 7. The van der Waals surface area contributed by atoms with E-state index in [1.54, 1.807) is 55.5 Å². The number of nitrogens with one attached hydrogen (secondary N) is 1. The monoisotopic (exact) mass is 501 g/mol. The second-order valence-corrected chi connectivity index (χ2v) is 8.35. The standard InChI is InChI=1S/C25H31N3O8/c1-3-28(14-8-5-4-6-9-14)25(36)20-23(34)19-15(10-7-11-16(19)27(2)24(20)35)26-12-17(30)21(32)22(33)18(31)13-29/h4-11,17-18,21-22,26,29-34H,3,12-13H2,1-2H3. The van der Waals surface area contributed by atoms with Crippen LogP contribution < -0.4 is 15.8 Å². The van der Waals surface area contributed by atoms with Gasteiger partial charge in [0.05, 0.1) is 23.6 Å². The normalized spacial score (nSPS) is 14.8. The fraction of sp³-hybridized carbons (Fsp3) is 0.360. The predicted octanol–water partition coefficient (Wildman–Crippen LogP) is -0.241. The zero-order chi connectivity index (χ0) is 26.6. The highest BCUT2D eigenvalue weighted by atomic mass is 16.4.